The molecule has 3 unspecified atom stereocenters. The summed E-state index contributed by atoms with van der Waals surface area (Å²) in [6, 6.07) is 0.329. The zero-order valence-corrected chi connectivity index (χ0v) is 8.78. The molecule has 0 amide bonds. The van der Waals surface area contributed by atoms with Crippen molar-refractivity contribution in [2.75, 3.05) is 20.3 Å². The summed E-state index contributed by atoms with van der Waals surface area (Å²) in [5.74, 6) is 0. The van der Waals surface area contributed by atoms with Crippen LogP contribution in [0.25, 0.3) is 0 Å². The number of nitrogens with one attached hydrogen (secondary N) is 1. The monoisotopic (exact) mass is 203 g/mol. The molecule has 3 atom stereocenters. The van der Waals surface area contributed by atoms with E-state index in [2.05, 4.69) is 5.32 Å². The first-order valence-electron chi connectivity index (χ1n) is 5.33. The van der Waals surface area contributed by atoms with Gasteiger partial charge in [-0.15, -0.1) is 0 Å². The van der Waals surface area contributed by atoms with Gasteiger partial charge < -0.3 is 20.3 Å². The van der Waals surface area contributed by atoms with Crippen LogP contribution in [0.15, 0.2) is 0 Å². The van der Waals surface area contributed by atoms with Crippen LogP contribution in [0.1, 0.15) is 25.7 Å². The summed E-state index contributed by atoms with van der Waals surface area (Å²) in [6.07, 6.45) is 4.22. The Morgan fingerprint density at radius 2 is 2.14 bits per heavy atom. The Labute approximate surface area is 85.3 Å². The molecule has 0 spiro atoms. The van der Waals surface area contributed by atoms with Crippen LogP contribution in [0, 0.1) is 0 Å². The van der Waals surface area contributed by atoms with Crippen molar-refractivity contribution in [1.82, 2.24) is 5.32 Å². The molecule has 3 N–H and O–H groups in total. The molecule has 14 heavy (non-hydrogen) atoms. The van der Waals surface area contributed by atoms with E-state index in [-0.39, 0.29) is 12.7 Å². The second kappa shape index (κ2) is 6.35. The molecule has 1 aliphatic rings. The second-order valence-electron chi connectivity index (χ2n) is 3.91. The molecule has 0 aromatic rings. The fourth-order valence-electron chi connectivity index (χ4n) is 1.96. The number of hydrogen-bond acceptors (Lipinski definition) is 4. The van der Waals surface area contributed by atoms with Gasteiger partial charge in [0.15, 0.2) is 0 Å². The van der Waals surface area contributed by atoms with Crippen molar-refractivity contribution in [2.24, 2.45) is 0 Å². The molecule has 0 heterocycles. The average molecular weight is 203 g/mol. The van der Waals surface area contributed by atoms with Gasteiger partial charge in [0, 0.05) is 19.7 Å². The predicted molar refractivity (Wildman–Crippen MR) is 54.1 cm³/mol. The first-order valence-corrected chi connectivity index (χ1v) is 5.33. The molecule has 1 saturated carbocycles. The zero-order valence-electron chi connectivity index (χ0n) is 8.78. The van der Waals surface area contributed by atoms with Crippen molar-refractivity contribution < 1.29 is 14.9 Å². The first kappa shape index (κ1) is 11.9. The third-order valence-corrected chi connectivity index (χ3v) is 2.83. The second-order valence-corrected chi connectivity index (χ2v) is 3.91. The molecular weight excluding hydrogens is 182 g/mol. The lowest BCUT2D eigenvalue weighted by Crippen LogP contribution is -2.46. The third-order valence-electron chi connectivity index (χ3n) is 2.83. The average Bonchev–Trinajstić information content (AvgIpc) is 2.26. The Balaban J connectivity index is 2.26. The summed E-state index contributed by atoms with van der Waals surface area (Å²) in [4.78, 5) is 0. The van der Waals surface area contributed by atoms with Gasteiger partial charge in [0.1, 0.15) is 0 Å². The lowest BCUT2D eigenvalue weighted by Gasteiger charge is -2.31. The molecule has 0 aromatic carbocycles. The highest BCUT2D eigenvalue weighted by Crippen LogP contribution is 2.20. The molecular formula is C10H21NO3. The minimum absolute atomic E-state index is 0.183. The van der Waals surface area contributed by atoms with E-state index in [1.165, 1.54) is 12.8 Å². The first-order chi connectivity index (χ1) is 6.77. The number of aliphatic hydroxyl groups is 2. The minimum Gasteiger partial charge on any atom is -0.394 e. The number of rotatable bonds is 5. The van der Waals surface area contributed by atoms with E-state index < -0.39 is 6.10 Å². The van der Waals surface area contributed by atoms with Gasteiger partial charge in [0.05, 0.1) is 18.8 Å². The van der Waals surface area contributed by atoms with E-state index in [0.717, 1.165) is 12.8 Å². The lowest BCUT2D eigenvalue weighted by atomic mass is 9.92. The molecule has 4 nitrogen and oxygen atoms in total. The third kappa shape index (κ3) is 3.53. The van der Waals surface area contributed by atoms with E-state index in [9.17, 15) is 5.11 Å². The van der Waals surface area contributed by atoms with Crippen LogP contribution in [-0.2, 0) is 4.74 Å². The smallest absolute Gasteiger partial charge is 0.0895 e. The zero-order chi connectivity index (χ0) is 10.4. The van der Waals surface area contributed by atoms with Crippen LogP contribution >= 0.6 is 0 Å². The molecule has 1 aliphatic carbocycles. The molecule has 0 bridgehead atoms. The maximum Gasteiger partial charge on any atom is 0.0895 e. The van der Waals surface area contributed by atoms with Crippen molar-refractivity contribution >= 4 is 0 Å². The highest BCUT2D eigenvalue weighted by Gasteiger charge is 2.24. The van der Waals surface area contributed by atoms with Crippen LogP contribution < -0.4 is 5.32 Å². The maximum absolute atomic E-state index is 9.19. The van der Waals surface area contributed by atoms with Crippen molar-refractivity contribution in [2.45, 2.75) is 43.9 Å². The molecule has 1 fully saturated rings. The predicted octanol–water partition coefficient (Wildman–Crippen LogP) is -0.113. The summed E-state index contributed by atoms with van der Waals surface area (Å²) in [6.45, 7) is 0.262. The minimum atomic E-state index is -0.658. The van der Waals surface area contributed by atoms with Gasteiger partial charge in [-0.3, -0.25) is 0 Å². The Hall–Kier alpha value is -0.160. The quantitative estimate of drug-likeness (QED) is 0.583. The molecule has 0 aliphatic heterocycles. The van der Waals surface area contributed by atoms with Gasteiger partial charge in [0.2, 0.25) is 0 Å². The summed E-state index contributed by atoms with van der Waals surface area (Å²) in [7, 11) is 1.73. The van der Waals surface area contributed by atoms with E-state index in [1.807, 2.05) is 0 Å². The molecule has 0 aromatic heterocycles. The Kier molecular flexibility index (Phi) is 5.40. The number of methoxy groups -OCH3 is 1. The van der Waals surface area contributed by atoms with Crippen LogP contribution in [0.3, 0.4) is 0 Å². The van der Waals surface area contributed by atoms with Gasteiger partial charge >= 0.3 is 0 Å². The lowest BCUT2D eigenvalue weighted by molar-refractivity contribution is 0.0313. The van der Waals surface area contributed by atoms with Gasteiger partial charge in [-0.05, 0) is 12.8 Å². The highest BCUT2D eigenvalue weighted by molar-refractivity contribution is 4.82. The Morgan fingerprint density at radius 3 is 2.79 bits per heavy atom. The van der Waals surface area contributed by atoms with Gasteiger partial charge in [-0.25, -0.2) is 0 Å². The van der Waals surface area contributed by atoms with Crippen LogP contribution in [0.5, 0.6) is 0 Å². The van der Waals surface area contributed by atoms with Crippen LogP contribution in [0.4, 0.5) is 0 Å². The van der Waals surface area contributed by atoms with Crippen molar-refractivity contribution in [3.8, 4) is 0 Å². The van der Waals surface area contributed by atoms with Gasteiger partial charge in [0.25, 0.3) is 0 Å². The summed E-state index contributed by atoms with van der Waals surface area (Å²) < 4.78 is 5.36. The topological polar surface area (TPSA) is 61.7 Å². The Bertz CT molecular complexity index is 154. The summed E-state index contributed by atoms with van der Waals surface area (Å²) >= 11 is 0. The fourth-order valence-corrected chi connectivity index (χ4v) is 1.96. The highest BCUT2D eigenvalue weighted by atomic mass is 16.5. The van der Waals surface area contributed by atoms with Crippen molar-refractivity contribution in [3.05, 3.63) is 0 Å². The number of aliphatic hydroxyl groups excluding tert-OH is 2. The molecule has 0 saturated heterocycles. The maximum atomic E-state index is 9.19. The molecule has 0 radical (unpaired) electrons. The number of ether oxygens (including phenoxy) is 1. The summed E-state index contributed by atoms with van der Waals surface area (Å²) in [5.41, 5.74) is 0. The molecule has 84 valence electrons. The van der Waals surface area contributed by atoms with E-state index in [1.54, 1.807) is 7.11 Å². The van der Waals surface area contributed by atoms with E-state index >= 15 is 0 Å². The fraction of sp³-hybridized carbons (Fsp3) is 1.00. The van der Waals surface area contributed by atoms with Crippen LogP contribution in [0.2, 0.25) is 0 Å². The number of hydrogen-bond donors (Lipinski definition) is 3. The molecule has 1 rings (SSSR count). The molecule has 4 heteroatoms. The van der Waals surface area contributed by atoms with Crippen molar-refractivity contribution in [3.63, 3.8) is 0 Å². The van der Waals surface area contributed by atoms with E-state index in [4.69, 9.17) is 9.84 Å². The van der Waals surface area contributed by atoms with E-state index in [0.29, 0.717) is 12.6 Å². The normalized spacial score (nSPS) is 30.2. The van der Waals surface area contributed by atoms with Gasteiger partial charge in [-0.2, -0.15) is 0 Å². The van der Waals surface area contributed by atoms with Crippen molar-refractivity contribution in [1.29, 1.82) is 0 Å². The summed E-state index contributed by atoms with van der Waals surface area (Å²) in [5, 5.41) is 21.1. The van der Waals surface area contributed by atoms with Crippen LogP contribution in [-0.4, -0.2) is 48.7 Å². The Morgan fingerprint density at radius 1 is 1.43 bits per heavy atom. The standard InChI is InChI=1S/C10H21NO3/c1-14-10-5-3-2-4-9(10)11-6-8(13)7-12/h8-13H,2-7H2,1H3. The largest absolute Gasteiger partial charge is 0.394 e. The SMILES string of the molecule is COC1CCCCC1NCC(O)CO. The van der Waals surface area contributed by atoms with Gasteiger partial charge in [-0.1, -0.05) is 12.8 Å².